The predicted molar refractivity (Wildman–Crippen MR) is 87.5 cm³/mol. The van der Waals surface area contributed by atoms with Gasteiger partial charge in [-0.05, 0) is 62.2 Å². The topological polar surface area (TPSA) is 62.1 Å². The molecule has 0 aromatic heterocycles. The molecule has 0 bridgehead atoms. The average molecular weight is 410 g/mol. The number of nitrogens with one attached hydrogen (secondary N) is 1. The molecule has 2 aromatic carbocycles. The van der Waals surface area contributed by atoms with Crippen LogP contribution >= 0.6 is 31.9 Å². The van der Waals surface area contributed by atoms with Gasteiger partial charge >= 0.3 is 0 Å². The molecular weight excluding hydrogens is 400 g/mol. The first kappa shape index (κ1) is 15.5. The number of benzene rings is 2. The Labute approximate surface area is 139 Å². The van der Waals surface area contributed by atoms with Crippen LogP contribution in [0.5, 0.6) is 5.75 Å². The normalized spacial score (nSPS) is 9.81. The Hall–Kier alpha value is -1.84. The van der Waals surface area contributed by atoms with Crippen LogP contribution in [-0.4, -0.2) is 13.0 Å². The first-order valence-corrected chi connectivity index (χ1v) is 7.48. The molecule has 0 aliphatic carbocycles. The third-order valence-electron chi connectivity index (χ3n) is 2.77. The molecule has 0 saturated carbocycles. The van der Waals surface area contributed by atoms with Crippen LogP contribution in [-0.2, 0) is 0 Å². The van der Waals surface area contributed by atoms with E-state index in [9.17, 15) is 4.79 Å². The summed E-state index contributed by atoms with van der Waals surface area (Å²) in [7, 11) is 1.56. The molecule has 0 saturated heterocycles. The van der Waals surface area contributed by atoms with Crippen molar-refractivity contribution in [2.75, 3.05) is 12.4 Å². The zero-order chi connectivity index (χ0) is 15.4. The fraction of sp³-hybridized carbons (Fsp3) is 0.0667. The maximum atomic E-state index is 12.2. The average Bonchev–Trinajstić information content (AvgIpc) is 2.50. The number of nitriles is 1. The van der Waals surface area contributed by atoms with Gasteiger partial charge in [-0.3, -0.25) is 4.79 Å². The summed E-state index contributed by atoms with van der Waals surface area (Å²) in [5.41, 5.74) is 1.59. The fourth-order valence-electron chi connectivity index (χ4n) is 1.67. The van der Waals surface area contributed by atoms with E-state index in [1.165, 1.54) is 0 Å². The van der Waals surface area contributed by atoms with Crippen molar-refractivity contribution < 1.29 is 9.53 Å². The summed E-state index contributed by atoms with van der Waals surface area (Å²) in [4.78, 5) is 12.2. The lowest BCUT2D eigenvalue weighted by atomic mass is 10.1. The van der Waals surface area contributed by atoms with Crippen LogP contribution in [0, 0.1) is 11.3 Å². The zero-order valence-electron chi connectivity index (χ0n) is 11.0. The van der Waals surface area contributed by atoms with E-state index in [0.717, 1.165) is 8.95 Å². The van der Waals surface area contributed by atoms with Crippen molar-refractivity contribution >= 4 is 43.5 Å². The van der Waals surface area contributed by atoms with Gasteiger partial charge in [-0.25, -0.2) is 0 Å². The van der Waals surface area contributed by atoms with Gasteiger partial charge in [0.2, 0.25) is 0 Å². The molecule has 2 aromatic rings. The number of halogens is 2. The van der Waals surface area contributed by atoms with Crippen molar-refractivity contribution in [3.05, 3.63) is 56.5 Å². The van der Waals surface area contributed by atoms with E-state index in [1.54, 1.807) is 43.5 Å². The second kappa shape index (κ2) is 6.74. The second-order valence-electron chi connectivity index (χ2n) is 4.11. The summed E-state index contributed by atoms with van der Waals surface area (Å²) in [5.74, 6) is 0.359. The highest BCUT2D eigenvalue weighted by molar-refractivity contribution is 9.11. The van der Waals surface area contributed by atoms with Crippen LogP contribution in [0.25, 0.3) is 0 Å². The van der Waals surface area contributed by atoms with Gasteiger partial charge in [-0.2, -0.15) is 5.26 Å². The van der Waals surface area contributed by atoms with Crippen LogP contribution in [0.2, 0.25) is 0 Å². The molecule has 2 rings (SSSR count). The van der Waals surface area contributed by atoms with E-state index < -0.39 is 0 Å². The van der Waals surface area contributed by atoms with E-state index in [4.69, 9.17) is 10.00 Å². The number of nitrogens with zero attached hydrogens (tertiary/aromatic N) is 1. The Morgan fingerprint density at radius 1 is 1.19 bits per heavy atom. The number of carbonyl (C=O) groups is 1. The Morgan fingerprint density at radius 2 is 1.86 bits per heavy atom. The number of ether oxygens (including phenoxy) is 1. The summed E-state index contributed by atoms with van der Waals surface area (Å²) < 4.78 is 6.72. The Kier molecular flexibility index (Phi) is 4.99. The number of anilines is 1. The summed E-state index contributed by atoms with van der Waals surface area (Å²) in [6, 6.07) is 12.0. The Morgan fingerprint density at radius 3 is 2.43 bits per heavy atom. The van der Waals surface area contributed by atoms with Crippen molar-refractivity contribution in [2.24, 2.45) is 0 Å². The molecule has 0 aliphatic heterocycles. The minimum absolute atomic E-state index is 0.260. The molecule has 0 aliphatic rings. The SMILES string of the molecule is COc1cc(NC(=O)c2ccc(C#N)cc2)c(Br)cc1Br. The van der Waals surface area contributed by atoms with E-state index in [0.29, 0.717) is 22.6 Å². The minimum Gasteiger partial charge on any atom is -0.495 e. The lowest BCUT2D eigenvalue weighted by Crippen LogP contribution is -2.12. The van der Waals surface area contributed by atoms with E-state index in [-0.39, 0.29) is 5.91 Å². The third-order valence-corrected chi connectivity index (χ3v) is 4.04. The molecule has 21 heavy (non-hydrogen) atoms. The molecule has 4 nitrogen and oxygen atoms in total. The smallest absolute Gasteiger partial charge is 0.255 e. The largest absolute Gasteiger partial charge is 0.495 e. The number of amides is 1. The number of hydrogen-bond donors (Lipinski definition) is 1. The number of hydrogen-bond acceptors (Lipinski definition) is 3. The van der Waals surface area contributed by atoms with Gasteiger partial charge in [0.15, 0.2) is 0 Å². The fourth-order valence-corrected chi connectivity index (χ4v) is 2.93. The molecule has 0 unspecified atom stereocenters. The van der Waals surface area contributed by atoms with Crippen LogP contribution in [0.1, 0.15) is 15.9 Å². The number of carbonyl (C=O) groups excluding carboxylic acids is 1. The minimum atomic E-state index is -0.260. The first-order chi connectivity index (χ1) is 10.0. The molecule has 6 heteroatoms. The molecule has 0 fully saturated rings. The van der Waals surface area contributed by atoms with Crippen LogP contribution in [0.3, 0.4) is 0 Å². The maximum absolute atomic E-state index is 12.2. The molecule has 1 amide bonds. The predicted octanol–water partition coefficient (Wildman–Crippen LogP) is 4.34. The Bertz CT molecular complexity index is 722. The van der Waals surface area contributed by atoms with E-state index in [1.807, 2.05) is 6.07 Å². The summed E-state index contributed by atoms with van der Waals surface area (Å²) in [6.45, 7) is 0. The molecule has 0 atom stereocenters. The molecular formula is C15H10Br2N2O2. The molecule has 106 valence electrons. The van der Waals surface area contributed by atoms with Crippen molar-refractivity contribution in [3.8, 4) is 11.8 Å². The van der Waals surface area contributed by atoms with Gasteiger partial charge in [0.25, 0.3) is 5.91 Å². The number of rotatable bonds is 3. The van der Waals surface area contributed by atoms with Gasteiger partial charge < -0.3 is 10.1 Å². The Balaban J connectivity index is 2.25. The first-order valence-electron chi connectivity index (χ1n) is 5.89. The van der Waals surface area contributed by atoms with Gasteiger partial charge in [0.05, 0.1) is 28.9 Å². The van der Waals surface area contributed by atoms with Gasteiger partial charge in [-0.1, -0.05) is 0 Å². The number of methoxy groups -OCH3 is 1. The summed E-state index contributed by atoms with van der Waals surface area (Å²) in [5, 5.41) is 11.5. The van der Waals surface area contributed by atoms with Crippen molar-refractivity contribution in [3.63, 3.8) is 0 Å². The second-order valence-corrected chi connectivity index (χ2v) is 5.82. The van der Waals surface area contributed by atoms with Crippen molar-refractivity contribution in [1.82, 2.24) is 0 Å². The molecule has 1 N–H and O–H groups in total. The summed E-state index contributed by atoms with van der Waals surface area (Å²) >= 11 is 6.76. The van der Waals surface area contributed by atoms with Crippen molar-refractivity contribution in [1.29, 1.82) is 5.26 Å². The highest BCUT2D eigenvalue weighted by Gasteiger charge is 2.11. The highest BCUT2D eigenvalue weighted by atomic mass is 79.9. The van der Waals surface area contributed by atoms with Crippen LogP contribution in [0.15, 0.2) is 45.3 Å². The summed E-state index contributed by atoms with van der Waals surface area (Å²) in [6.07, 6.45) is 0. The quantitative estimate of drug-likeness (QED) is 0.819. The lowest BCUT2D eigenvalue weighted by molar-refractivity contribution is 0.102. The monoisotopic (exact) mass is 408 g/mol. The third kappa shape index (κ3) is 3.63. The highest BCUT2D eigenvalue weighted by Crippen LogP contribution is 2.34. The van der Waals surface area contributed by atoms with Gasteiger partial charge in [0, 0.05) is 16.1 Å². The van der Waals surface area contributed by atoms with E-state index in [2.05, 4.69) is 37.2 Å². The van der Waals surface area contributed by atoms with Crippen molar-refractivity contribution in [2.45, 2.75) is 0 Å². The molecule has 0 heterocycles. The van der Waals surface area contributed by atoms with Gasteiger partial charge in [-0.15, -0.1) is 0 Å². The van der Waals surface area contributed by atoms with Gasteiger partial charge in [0.1, 0.15) is 5.75 Å². The molecule has 0 spiro atoms. The van der Waals surface area contributed by atoms with Crippen LogP contribution in [0.4, 0.5) is 5.69 Å². The van der Waals surface area contributed by atoms with Crippen LogP contribution < -0.4 is 10.1 Å². The lowest BCUT2D eigenvalue weighted by Gasteiger charge is -2.11. The maximum Gasteiger partial charge on any atom is 0.255 e. The standard InChI is InChI=1S/C15H10Br2N2O2/c1-21-14-7-13(11(16)6-12(14)17)19-15(20)10-4-2-9(8-18)3-5-10/h2-7H,1H3,(H,19,20). The zero-order valence-corrected chi connectivity index (χ0v) is 14.2. The molecule has 0 radical (unpaired) electrons. The van der Waals surface area contributed by atoms with E-state index >= 15 is 0 Å².